The molecular formula is C23H29N3O4S. The van der Waals surface area contributed by atoms with Crippen LogP contribution in [0.5, 0.6) is 0 Å². The minimum Gasteiger partial charge on any atom is -0.379 e. The number of thiazole rings is 1. The Morgan fingerprint density at radius 3 is 2.42 bits per heavy atom. The molecular weight excluding hydrogens is 414 g/mol. The van der Waals surface area contributed by atoms with Gasteiger partial charge in [-0.15, -0.1) is 11.3 Å². The van der Waals surface area contributed by atoms with Crippen molar-refractivity contribution in [3.8, 4) is 10.6 Å². The first-order valence-electron chi connectivity index (χ1n) is 11.1. The second-order valence-corrected chi connectivity index (χ2v) is 9.25. The molecule has 7 nitrogen and oxygen atoms in total. The fourth-order valence-electron chi connectivity index (χ4n) is 4.44. The first-order chi connectivity index (χ1) is 15.2. The van der Waals surface area contributed by atoms with Gasteiger partial charge in [0, 0.05) is 56.5 Å². The Bertz CT molecular complexity index is 878. The van der Waals surface area contributed by atoms with Gasteiger partial charge in [-0.2, -0.15) is 0 Å². The third-order valence-electron chi connectivity index (χ3n) is 6.29. The summed E-state index contributed by atoms with van der Waals surface area (Å²) < 4.78 is 16.9. The molecule has 2 aromatic rings. The van der Waals surface area contributed by atoms with Crippen LogP contribution in [0.25, 0.3) is 10.6 Å². The average Bonchev–Trinajstić information content (AvgIpc) is 3.46. The van der Waals surface area contributed by atoms with Gasteiger partial charge in [0.15, 0.2) is 5.79 Å². The Balaban J connectivity index is 1.15. The number of piperidine rings is 1. The maximum atomic E-state index is 12.7. The largest absolute Gasteiger partial charge is 0.379 e. The lowest BCUT2D eigenvalue weighted by atomic mass is 10.0. The highest BCUT2D eigenvalue weighted by molar-refractivity contribution is 7.13. The van der Waals surface area contributed by atoms with Crippen LogP contribution >= 0.6 is 11.3 Å². The highest BCUT2D eigenvalue weighted by atomic mass is 32.1. The molecule has 0 bridgehead atoms. The molecule has 8 heteroatoms. The van der Waals surface area contributed by atoms with E-state index < -0.39 is 5.79 Å². The predicted molar refractivity (Wildman–Crippen MR) is 118 cm³/mol. The first kappa shape index (κ1) is 21.0. The quantitative estimate of drug-likeness (QED) is 0.708. The number of amides is 1. The smallest absolute Gasteiger partial charge is 0.228 e. The summed E-state index contributed by atoms with van der Waals surface area (Å²) in [5, 5.41) is 2.97. The Hall–Kier alpha value is -1.84. The van der Waals surface area contributed by atoms with Crippen molar-refractivity contribution in [3.05, 3.63) is 40.9 Å². The molecule has 3 aliphatic rings. The Labute approximate surface area is 186 Å². The maximum absolute atomic E-state index is 12.7. The van der Waals surface area contributed by atoms with Crippen molar-refractivity contribution in [1.82, 2.24) is 14.8 Å². The number of hydrogen-bond donors (Lipinski definition) is 0. The van der Waals surface area contributed by atoms with Gasteiger partial charge in [0.2, 0.25) is 5.91 Å². The van der Waals surface area contributed by atoms with E-state index in [1.807, 2.05) is 10.3 Å². The number of carbonyl (C=O) groups is 1. The van der Waals surface area contributed by atoms with E-state index >= 15 is 0 Å². The third kappa shape index (κ3) is 4.99. The fourth-order valence-corrected chi connectivity index (χ4v) is 5.27. The van der Waals surface area contributed by atoms with Crippen LogP contribution in [0.3, 0.4) is 0 Å². The van der Waals surface area contributed by atoms with Crippen LogP contribution < -0.4 is 0 Å². The highest BCUT2D eigenvalue weighted by Crippen LogP contribution is 2.31. The van der Waals surface area contributed by atoms with E-state index in [0.717, 1.165) is 62.0 Å². The summed E-state index contributed by atoms with van der Waals surface area (Å²) in [6.45, 7) is 7.24. The minimum atomic E-state index is -0.446. The molecule has 0 radical (unpaired) electrons. The summed E-state index contributed by atoms with van der Waals surface area (Å²) in [4.78, 5) is 21.8. The monoisotopic (exact) mass is 443 g/mol. The Morgan fingerprint density at radius 1 is 1.00 bits per heavy atom. The number of ether oxygens (including phenoxy) is 3. The van der Waals surface area contributed by atoms with Crippen LogP contribution in [-0.2, 0) is 32.0 Å². The maximum Gasteiger partial charge on any atom is 0.228 e. The van der Waals surface area contributed by atoms with Gasteiger partial charge in [0.05, 0.1) is 38.5 Å². The van der Waals surface area contributed by atoms with Gasteiger partial charge in [-0.3, -0.25) is 9.69 Å². The van der Waals surface area contributed by atoms with Crippen molar-refractivity contribution in [1.29, 1.82) is 0 Å². The Kier molecular flexibility index (Phi) is 6.34. The second-order valence-electron chi connectivity index (χ2n) is 8.39. The van der Waals surface area contributed by atoms with Crippen molar-refractivity contribution in [2.45, 2.75) is 31.6 Å². The number of benzene rings is 1. The van der Waals surface area contributed by atoms with Gasteiger partial charge in [-0.05, 0) is 5.56 Å². The van der Waals surface area contributed by atoms with E-state index in [1.54, 1.807) is 11.3 Å². The van der Waals surface area contributed by atoms with Crippen molar-refractivity contribution in [2.75, 3.05) is 52.6 Å². The topological polar surface area (TPSA) is 64.1 Å². The molecule has 1 aromatic carbocycles. The molecule has 3 saturated heterocycles. The second kappa shape index (κ2) is 9.34. The lowest BCUT2D eigenvalue weighted by Crippen LogP contribution is -2.47. The summed E-state index contributed by atoms with van der Waals surface area (Å²) in [5.74, 6) is -0.316. The Morgan fingerprint density at radius 2 is 1.71 bits per heavy atom. The van der Waals surface area contributed by atoms with Crippen LogP contribution in [0, 0.1) is 0 Å². The summed E-state index contributed by atoms with van der Waals surface area (Å²) in [6, 6.07) is 8.61. The third-order valence-corrected chi connectivity index (χ3v) is 7.23. The zero-order valence-electron chi connectivity index (χ0n) is 17.8. The molecule has 1 amide bonds. The number of carbonyl (C=O) groups excluding carboxylic acids is 1. The van der Waals surface area contributed by atoms with Gasteiger partial charge >= 0.3 is 0 Å². The van der Waals surface area contributed by atoms with Crippen molar-refractivity contribution >= 4 is 17.2 Å². The van der Waals surface area contributed by atoms with Crippen LogP contribution in [0.1, 0.15) is 24.1 Å². The van der Waals surface area contributed by atoms with Gasteiger partial charge in [-0.25, -0.2) is 4.98 Å². The first-order valence-corrected chi connectivity index (χ1v) is 12.0. The zero-order valence-corrected chi connectivity index (χ0v) is 18.6. The van der Waals surface area contributed by atoms with E-state index in [9.17, 15) is 4.79 Å². The number of aromatic nitrogens is 1. The molecule has 0 aliphatic carbocycles. The van der Waals surface area contributed by atoms with Crippen molar-refractivity contribution < 1.29 is 19.0 Å². The number of likely N-dealkylation sites (tertiary alicyclic amines) is 1. The molecule has 3 fully saturated rings. The summed E-state index contributed by atoms with van der Waals surface area (Å²) in [6.07, 6.45) is 1.84. The molecule has 5 rings (SSSR count). The number of hydrogen-bond acceptors (Lipinski definition) is 7. The molecule has 4 heterocycles. The number of nitrogens with zero attached hydrogens (tertiary/aromatic N) is 3. The van der Waals surface area contributed by atoms with Crippen LogP contribution in [0.2, 0.25) is 0 Å². The summed E-state index contributed by atoms with van der Waals surface area (Å²) in [7, 11) is 0. The normalized spacial score (nSPS) is 21.6. The van der Waals surface area contributed by atoms with Crippen LogP contribution in [0.4, 0.5) is 0 Å². The van der Waals surface area contributed by atoms with Crippen LogP contribution in [-0.4, -0.2) is 79.1 Å². The van der Waals surface area contributed by atoms with Crippen molar-refractivity contribution in [2.24, 2.45) is 0 Å². The van der Waals surface area contributed by atoms with E-state index in [0.29, 0.717) is 32.7 Å². The minimum absolute atomic E-state index is 0.130. The molecule has 0 unspecified atom stereocenters. The molecule has 166 valence electrons. The average molecular weight is 444 g/mol. The van der Waals surface area contributed by atoms with E-state index in [-0.39, 0.29) is 5.91 Å². The van der Waals surface area contributed by atoms with E-state index in [2.05, 4.69) is 29.2 Å². The highest BCUT2D eigenvalue weighted by Gasteiger charge is 2.40. The van der Waals surface area contributed by atoms with Gasteiger partial charge in [0.25, 0.3) is 0 Å². The van der Waals surface area contributed by atoms with E-state index in [1.165, 1.54) is 5.56 Å². The van der Waals surface area contributed by atoms with Gasteiger partial charge < -0.3 is 19.1 Å². The molecule has 3 aliphatic heterocycles. The lowest BCUT2D eigenvalue weighted by molar-refractivity contribution is -0.187. The van der Waals surface area contributed by atoms with E-state index in [4.69, 9.17) is 19.2 Å². The van der Waals surface area contributed by atoms with Gasteiger partial charge in [0.1, 0.15) is 5.01 Å². The summed E-state index contributed by atoms with van der Waals surface area (Å²) in [5.41, 5.74) is 3.25. The fraction of sp³-hybridized carbons (Fsp3) is 0.565. The molecule has 1 spiro atoms. The molecule has 1 aromatic heterocycles. The molecule has 0 N–H and O–H groups in total. The predicted octanol–water partition coefficient (Wildman–Crippen LogP) is 2.55. The van der Waals surface area contributed by atoms with Gasteiger partial charge in [-0.1, -0.05) is 24.3 Å². The standard InChI is InChI=1S/C23H29N3O4S/c27-21(26-7-5-23(6-8-26)29-13-14-30-23)15-20-17-31-22(24-20)19-3-1-18(2-4-19)16-25-9-11-28-12-10-25/h1-4,17H,5-16H2. The van der Waals surface area contributed by atoms with Crippen LogP contribution in [0.15, 0.2) is 29.6 Å². The molecule has 0 atom stereocenters. The molecule has 0 saturated carbocycles. The number of rotatable bonds is 5. The SMILES string of the molecule is O=C(Cc1csc(-c2ccc(CN3CCOCC3)cc2)n1)N1CCC2(CC1)OCCO2. The molecule has 31 heavy (non-hydrogen) atoms. The zero-order chi connectivity index (χ0) is 21.1. The summed E-state index contributed by atoms with van der Waals surface area (Å²) >= 11 is 1.60. The van der Waals surface area contributed by atoms with Crippen molar-refractivity contribution in [3.63, 3.8) is 0 Å². The number of morpholine rings is 1. The lowest BCUT2D eigenvalue weighted by Gasteiger charge is -2.37.